The van der Waals surface area contributed by atoms with Gasteiger partial charge in [0.05, 0.1) is 39.5 Å². The Bertz CT molecular complexity index is 1150. The summed E-state index contributed by atoms with van der Waals surface area (Å²) in [5, 5.41) is 15.4. The maximum atomic E-state index is 13.0. The highest BCUT2D eigenvalue weighted by Crippen LogP contribution is 2.33. The van der Waals surface area contributed by atoms with E-state index in [0.29, 0.717) is 42.2 Å². The topological polar surface area (TPSA) is 144 Å². The number of carbonyl (C=O) groups is 2. The maximum absolute atomic E-state index is 13.0. The van der Waals surface area contributed by atoms with Crippen LogP contribution in [0.15, 0.2) is 44.7 Å². The summed E-state index contributed by atoms with van der Waals surface area (Å²) in [5.74, 6) is -1.65. The minimum atomic E-state index is -3.35. The van der Waals surface area contributed by atoms with Gasteiger partial charge in [0.15, 0.2) is 26.8 Å². The molecule has 2 N–H and O–H groups in total. The van der Waals surface area contributed by atoms with Gasteiger partial charge in [-0.05, 0) is 25.0 Å². The number of carboxylic acid groups (broad SMARTS) is 1. The van der Waals surface area contributed by atoms with Gasteiger partial charge >= 0.3 is 5.97 Å². The number of nitrogens with zero attached hydrogens (tertiary/aromatic N) is 2. The van der Waals surface area contributed by atoms with Gasteiger partial charge < -0.3 is 14.7 Å². The molecule has 1 saturated heterocycles. The molecule has 1 aliphatic carbocycles. The van der Waals surface area contributed by atoms with E-state index < -0.39 is 21.7 Å². The molecule has 4 rings (SSSR count). The third kappa shape index (κ3) is 6.10. The van der Waals surface area contributed by atoms with Crippen LogP contribution in [-0.4, -0.2) is 66.4 Å². The number of anilines is 1. The number of ether oxygens (including phenoxy) is 1. The molecule has 13 heteroatoms. The normalized spacial score (nSPS) is 18.8. The fraction of sp³-hybridized carbons (Fsp3) is 0.400. The fourth-order valence-electron chi connectivity index (χ4n) is 2.99. The summed E-state index contributed by atoms with van der Waals surface area (Å²) in [6, 6.07) is 5.99. The lowest BCUT2D eigenvalue weighted by Gasteiger charge is -2.10. The Balaban J connectivity index is 1.52. The Morgan fingerprint density at radius 3 is 2.67 bits per heavy atom. The lowest BCUT2D eigenvalue weighted by Crippen LogP contribution is -2.25. The molecule has 0 spiro atoms. The Hall–Kier alpha value is -2.48. The summed E-state index contributed by atoms with van der Waals surface area (Å²) >= 11 is 2.24. The number of oxime groups is 1. The van der Waals surface area contributed by atoms with Gasteiger partial charge in [-0.15, -0.1) is 11.8 Å². The first-order valence-electron chi connectivity index (χ1n) is 10.1. The fourth-order valence-corrected chi connectivity index (χ4v) is 6.24. The molecule has 2 heterocycles. The molecule has 1 atom stereocenters. The molecule has 33 heavy (non-hydrogen) atoms. The van der Waals surface area contributed by atoms with Crippen LogP contribution in [0, 0.1) is 0 Å². The Kier molecular flexibility index (Phi) is 7.32. The number of hydrogen-bond acceptors (Lipinski definition) is 10. The van der Waals surface area contributed by atoms with Crippen molar-refractivity contribution >= 4 is 55.7 Å². The number of aromatic nitrogens is 1. The zero-order chi connectivity index (χ0) is 23.4. The average molecular weight is 512 g/mol. The van der Waals surface area contributed by atoms with Crippen LogP contribution in [0.25, 0.3) is 0 Å². The first-order valence-corrected chi connectivity index (χ1v) is 13.5. The van der Waals surface area contributed by atoms with E-state index in [1.165, 1.54) is 30.5 Å². The number of aliphatic carboxylic acids is 1. The van der Waals surface area contributed by atoms with E-state index in [0.717, 1.165) is 23.1 Å². The molecule has 176 valence electrons. The summed E-state index contributed by atoms with van der Waals surface area (Å²) in [6.07, 6.45) is 3.18. The standard InChI is InChI=1S/C20H21N3O7S3/c24-16(25)11-31-17-9-21-20(32-17)22-19(26)18(23-30-13-7-8-29-10-13)12-1-3-14(4-2-12)33(27,28)15-5-6-15/h1-4,9,13,15H,5-8,10-11H2,(H,24,25)(H,21,22,26)/b23-18+/t13-/m1/s1. The highest BCUT2D eigenvalue weighted by Gasteiger charge is 2.36. The summed E-state index contributed by atoms with van der Waals surface area (Å²) in [6.45, 7) is 0.916. The molecule has 2 aromatic rings. The molecule has 1 aliphatic heterocycles. The summed E-state index contributed by atoms with van der Waals surface area (Å²) < 4.78 is 30.8. The van der Waals surface area contributed by atoms with Crippen molar-refractivity contribution in [1.29, 1.82) is 0 Å². The Morgan fingerprint density at radius 2 is 2.03 bits per heavy atom. The van der Waals surface area contributed by atoms with E-state index in [1.807, 2.05) is 0 Å². The summed E-state index contributed by atoms with van der Waals surface area (Å²) in [4.78, 5) is 33.5. The second kappa shape index (κ2) is 10.2. The van der Waals surface area contributed by atoms with E-state index in [4.69, 9.17) is 14.7 Å². The molecule has 1 amide bonds. The molecule has 2 fully saturated rings. The molecular weight excluding hydrogens is 490 g/mol. The van der Waals surface area contributed by atoms with Gasteiger partial charge in [0.25, 0.3) is 5.91 Å². The first kappa shape index (κ1) is 23.7. The smallest absolute Gasteiger partial charge is 0.313 e. The SMILES string of the molecule is O=C(O)CSc1cnc(NC(=O)/C(=N/O[C@@H]2CCOC2)c2ccc(S(=O)(=O)C3CC3)cc2)s1. The molecule has 1 aromatic heterocycles. The van der Waals surface area contributed by atoms with E-state index in [-0.39, 0.29) is 32.8 Å². The van der Waals surface area contributed by atoms with Crippen LogP contribution in [0.5, 0.6) is 0 Å². The van der Waals surface area contributed by atoms with E-state index >= 15 is 0 Å². The lowest BCUT2D eigenvalue weighted by atomic mass is 10.1. The number of hydrogen-bond donors (Lipinski definition) is 2. The van der Waals surface area contributed by atoms with Crippen molar-refractivity contribution < 1.29 is 32.7 Å². The molecular formula is C20H21N3O7S3. The Labute approximate surface area is 198 Å². The molecule has 1 saturated carbocycles. The van der Waals surface area contributed by atoms with Crippen LogP contribution >= 0.6 is 23.1 Å². The predicted octanol–water partition coefficient (Wildman–Crippen LogP) is 2.40. The molecule has 2 aliphatic rings. The maximum Gasteiger partial charge on any atom is 0.313 e. The van der Waals surface area contributed by atoms with Gasteiger partial charge in [-0.1, -0.05) is 28.6 Å². The Morgan fingerprint density at radius 1 is 1.27 bits per heavy atom. The van der Waals surface area contributed by atoms with Crippen molar-refractivity contribution in [3.8, 4) is 0 Å². The van der Waals surface area contributed by atoms with Crippen molar-refractivity contribution in [2.75, 3.05) is 24.3 Å². The second-order valence-corrected chi connectivity index (χ2v) is 12.0. The van der Waals surface area contributed by atoms with Crippen LogP contribution in [-0.2, 0) is 29.0 Å². The van der Waals surface area contributed by atoms with E-state index in [9.17, 15) is 18.0 Å². The predicted molar refractivity (Wildman–Crippen MR) is 123 cm³/mol. The van der Waals surface area contributed by atoms with Gasteiger partial charge in [-0.25, -0.2) is 13.4 Å². The number of carbonyl (C=O) groups excluding carboxylic acids is 1. The highest BCUT2D eigenvalue weighted by molar-refractivity contribution is 8.01. The number of sulfone groups is 1. The van der Waals surface area contributed by atoms with Gasteiger partial charge in [-0.2, -0.15) is 0 Å². The number of amides is 1. The van der Waals surface area contributed by atoms with Crippen molar-refractivity contribution in [3.63, 3.8) is 0 Å². The van der Waals surface area contributed by atoms with Crippen LogP contribution in [0.4, 0.5) is 5.13 Å². The molecule has 0 radical (unpaired) electrons. The van der Waals surface area contributed by atoms with Crippen LogP contribution in [0.1, 0.15) is 24.8 Å². The number of carboxylic acids is 1. The van der Waals surface area contributed by atoms with Gasteiger partial charge in [0, 0.05) is 12.0 Å². The largest absolute Gasteiger partial charge is 0.481 e. The second-order valence-electron chi connectivity index (χ2n) is 7.42. The average Bonchev–Trinajstić information content (AvgIpc) is 3.36. The number of benzene rings is 1. The number of rotatable bonds is 10. The quantitative estimate of drug-likeness (QED) is 0.279. The lowest BCUT2D eigenvalue weighted by molar-refractivity contribution is -0.133. The van der Waals surface area contributed by atoms with Crippen molar-refractivity contribution in [2.45, 2.75) is 39.7 Å². The first-order chi connectivity index (χ1) is 15.8. The molecule has 0 unspecified atom stereocenters. The van der Waals surface area contributed by atoms with Gasteiger partial charge in [-0.3, -0.25) is 14.9 Å². The molecule has 10 nitrogen and oxygen atoms in total. The van der Waals surface area contributed by atoms with Gasteiger partial charge in [0.2, 0.25) is 0 Å². The minimum absolute atomic E-state index is 0.0350. The van der Waals surface area contributed by atoms with Crippen LogP contribution in [0.2, 0.25) is 0 Å². The van der Waals surface area contributed by atoms with Crippen LogP contribution in [0.3, 0.4) is 0 Å². The van der Waals surface area contributed by atoms with E-state index in [2.05, 4.69) is 15.5 Å². The van der Waals surface area contributed by atoms with Crippen molar-refractivity contribution in [2.24, 2.45) is 5.16 Å². The number of thiazole rings is 1. The summed E-state index contributed by atoms with van der Waals surface area (Å²) in [5.41, 5.74) is 0.352. The number of thioether (sulfide) groups is 1. The highest BCUT2D eigenvalue weighted by atomic mass is 32.2. The zero-order valence-electron chi connectivity index (χ0n) is 17.3. The number of nitrogens with one attached hydrogen (secondary N) is 1. The third-order valence-corrected chi connectivity index (χ3v) is 9.23. The minimum Gasteiger partial charge on any atom is -0.481 e. The van der Waals surface area contributed by atoms with Crippen molar-refractivity contribution in [1.82, 2.24) is 4.98 Å². The third-order valence-electron chi connectivity index (χ3n) is 4.86. The monoisotopic (exact) mass is 511 g/mol. The van der Waals surface area contributed by atoms with Gasteiger partial charge in [0.1, 0.15) is 0 Å². The van der Waals surface area contributed by atoms with Crippen LogP contribution < -0.4 is 5.32 Å². The van der Waals surface area contributed by atoms with Crippen molar-refractivity contribution in [3.05, 3.63) is 36.0 Å². The molecule has 1 aromatic carbocycles. The molecule has 0 bridgehead atoms. The zero-order valence-corrected chi connectivity index (χ0v) is 19.7. The summed E-state index contributed by atoms with van der Waals surface area (Å²) in [7, 11) is -3.35. The van der Waals surface area contributed by atoms with E-state index in [1.54, 1.807) is 0 Å².